The summed E-state index contributed by atoms with van der Waals surface area (Å²) in [6, 6.07) is 21.0. The fourth-order valence-electron chi connectivity index (χ4n) is 4.51. The van der Waals surface area contributed by atoms with E-state index >= 15 is 0 Å². The minimum Gasteiger partial charge on any atom is -0.489 e. The maximum absolute atomic E-state index is 12.6. The van der Waals surface area contributed by atoms with Gasteiger partial charge in [-0.1, -0.05) is 36.4 Å². The number of rotatable bonds is 11. The van der Waals surface area contributed by atoms with Crippen LogP contribution >= 0.6 is 0 Å². The van der Waals surface area contributed by atoms with Gasteiger partial charge in [-0.25, -0.2) is 9.00 Å². The number of hydrogen-bond acceptors (Lipinski definition) is 7. The molecule has 1 aromatic heterocycles. The van der Waals surface area contributed by atoms with E-state index in [2.05, 4.69) is 9.71 Å². The summed E-state index contributed by atoms with van der Waals surface area (Å²) in [5, 5.41) is 3.62. The molecule has 46 heavy (non-hydrogen) atoms. The molecule has 0 fully saturated rings. The van der Waals surface area contributed by atoms with Crippen LogP contribution in [0.2, 0.25) is 0 Å². The number of furan rings is 1. The smallest absolute Gasteiger partial charge is 0.407 e. The molecule has 0 bridgehead atoms. The van der Waals surface area contributed by atoms with Gasteiger partial charge in [0.15, 0.2) is 0 Å². The van der Waals surface area contributed by atoms with E-state index < -0.39 is 27.4 Å². The molecule has 0 spiro atoms. The number of benzene rings is 3. The molecule has 0 unspecified atom stereocenters. The summed E-state index contributed by atoms with van der Waals surface area (Å²) in [5.74, 6) is 0.745. The SMILES string of the molecule is CCOC(=O)Cc1ccccc1OCc1cc(-c2cccc(CNC(=O)OC(C)(C)C)c2)c2oc(C=N[S@](=O)C(C)(C)C)cc2c1. The van der Waals surface area contributed by atoms with Crippen LogP contribution < -0.4 is 10.1 Å². The Balaban J connectivity index is 1.67. The van der Waals surface area contributed by atoms with E-state index in [0.717, 1.165) is 33.2 Å². The van der Waals surface area contributed by atoms with Crippen LogP contribution in [-0.2, 0) is 44.8 Å². The van der Waals surface area contributed by atoms with Gasteiger partial charge in [-0.05, 0) is 95.5 Å². The number of carbonyl (C=O) groups is 2. The predicted molar refractivity (Wildman–Crippen MR) is 181 cm³/mol. The molecule has 244 valence electrons. The Morgan fingerprint density at radius 3 is 2.43 bits per heavy atom. The summed E-state index contributed by atoms with van der Waals surface area (Å²) in [6.07, 6.45) is 1.11. The van der Waals surface area contributed by atoms with E-state index in [9.17, 15) is 13.8 Å². The highest BCUT2D eigenvalue weighted by Crippen LogP contribution is 2.34. The van der Waals surface area contributed by atoms with E-state index in [4.69, 9.17) is 18.6 Å². The molecule has 0 saturated heterocycles. The van der Waals surface area contributed by atoms with Crippen molar-refractivity contribution in [3.63, 3.8) is 0 Å². The fraction of sp³-hybridized carbons (Fsp3) is 0.361. The molecule has 0 saturated carbocycles. The quantitative estimate of drug-likeness (QED) is 0.131. The van der Waals surface area contributed by atoms with Gasteiger partial charge in [-0.2, -0.15) is 4.40 Å². The lowest BCUT2D eigenvalue weighted by molar-refractivity contribution is -0.142. The number of amides is 1. The molecule has 0 aliphatic heterocycles. The molecule has 4 aromatic rings. The van der Waals surface area contributed by atoms with Gasteiger partial charge in [0.2, 0.25) is 0 Å². The predicted octanol–water partition coefficient (Wildman–Crippen LogP) is 7.69. The van der Waals surface area contributed by atoms with Crippen LogP contribution in [0.5, 0.6) is 5.75 Å². The number of esters is 1. The Bertz CT molecular complexity index is 1750. The number of alkyl carbamates (subject to hydrolysis) is 1. The first-order valence-corrected chi connectivity index (χ1v) is 16.3. The van der Waals surface area contributed by atoms with Crippen LogP contribution in [0.3, 0.4) is 0 Å². The Kier molecular flexibility index (Phi) is 11.1. The second kappa shape index (κ2) is 14.8. The molecule has 1 atom stereocenters. The number of fused-ring (bicyclic) bond motifs is 1. The van der Waals surface area contributed by atoms with Gasteiger partial charge in [0, 0.05) is 23.1 Å². The van der Waals surface area contributed by atoms with E-state index in [1.807, 2.05) is 108 Å². The maximum atomic E-state index is 12.6. The third-order valence-electron chi connectivity index (χ3n) is 6.58. The molecule has 1 N–H and O–H groups in total. The number of hydrogen-bond donors (Lipinski definition) is 1. The third kappa shape index (κ3) is 9.78. The molecule has 1 heterocycles. The average Bonchev–Trinajstić information content (AvgIpc) is 3.40. The van der Waals surface area contributed by atoms with Crippen LogP contribution in [-0.4, -0.2) is 39.4 Å². The van der Waals surface area contributed by atoms with Crippen molar-refractivity contribution in [2.45, 2.75) is 78.4 Å². The topological polar surface area (TPSA) is 116 Å². The van der Waals surface area contributed by atoms with Crippen molar-refractivity contribution >= 4 is 40.2 Å². The standard InChI is InChI=1S/C36H42N2O7S/c1-8-42-32(39)20-27-13-9-10-15-31(27)43-23-25-17-28-19-29(22-38-46(41)36(5,6)7)44-33(28)30(18-25)26-14-11-12-24(16-26)21-37-34(40)45-35(2,3)4/h9-19,22H,8,20-21,23H2,1-7H3,(H,37,40)/t46-/m1/s1. The lowest BCUT2D eigenvalue weighted by Gasteiger charge is -2.19. The van der Waals surface area contributed by atoms with Gasteiger partial charge in [0.05, 0.1) is 24.0 Å². The van der Waals surface area contributed by atoms with E-state index in [1.54, 1.807) is 6.92 Å². The molecule has 10 heteroatoms. The molecule has 0 aliphatic rings. The zero-order valence-electron chi connectivity index (χ0n) is 27.5. The Labute approximate surface area is 272 Å². The number of nitrogens with one attached hydrogen (secondary N) is 1. The zero-order valence-corrected chi connectivity index (χ0v) is 28.3. The van der Waals surface area contributed by atoms with Crippen molar-refractivity contribution in [3.8, 4) is 16.9 Å². The molecular weight excluding hydrogens is 604 g/mol. The maximum Gasteiger partial charge on any atom is 0.407 e. The monoisotopic (exact) mass is 646 g/mol. The van der Waals surface area contributed by atoms with Gasteiger partial charge in [-0.3, -0.25) is 4.79 Å². The Morgan fingerprint density at radius 2 is 1.72 bits per heavy atom. The first-order valence-electron chi connectivity index (χ1n) is 15.2. The molecule has 4 rings (SSSR count). The molecule has 9 nitrogen and oxygen atoms in total. The Hall–Kier alpha value is -4.44. The summed E-state index contributed by atoms with van der Waals surface area (Å²) >= 11 is 0. The number of ether oxygens (including phenoxy) is 3. The van der Waals surface area contributed by atoms with Crippen LogP contribution in [0.15, 0.2) is 75.5 Å². The largest absolute Gasteiger partial charge is 0.489 e. The molecular formula is C36H42N2O7S. The van der Waals surface area contributed by atoms with E-state index in [-0.39, 0.29) is 25.5 Å². The number of carbonyl (C=O) groups excluding carboxylic acids is 2. The van der Waals surface area contributed by atoms with Crippen molar-refractivity contribution in [2.24, 2.45) is 4.40 Å². The highest BCUT2D eigenvalue weighted by atomic mass is 32.2. The number of nitrogens with zero attached hydrogens (tertiary/aromatic N) is 1. The van der Waals surface area contributed by atoms with Gasteiger partial charge in [0.1, 0.15) is 40.3 Å². The van der Waals surface area contributed by atoms with Crippen molar-refractivity contribution < 1.29 is 32.4 Å². The van der Waals surface area contributed by atoms with Gasteiger partial charge >= 0.3 is 12.1 Å². The normalized spacial score (nSPS) is 12.7. The summed E-state index contributed by atoms with van der Waals surface area (Å²) < 4.78 is 39.3. The molecule has 1 amide bonds. The van der Waals surface area contributed by atoms with Crippen molar-refractivity contribution in [3.05, 3.63) is 89.2 Å². The third-order valence-corrected chi connectivity index (χ3v) is 7.92. The number of para-hydroxylation sites is 1. The fourth-order valence-corrected chi connectivity index (χ4v) is 5.03. The second-order valence-electron chi connectivity index (χ2n) is 12.7. The summed E-state index contributed by atoms with van der Waals surface area (Å²) in [6.45, 7) is 13.6. The summed E-state index contributed by atoms with van der Waals surface area (Å²) in [5.41, 5.74) is 4.20. The minimum atomic E-state index is -1.44. The second-order valence-corrected chi connectivity index (χ2v) is 14.7. The van der Waals surface area contributed by atoms with Crippen LogP contribution in [0.4, 0.5) is 4.79 Å². The summed E-state index contributed by atoms with van der Waals surface area (Å²) in [4.78, 5) is 24.4. The van der Waals surface area contributed by atoms with Gasteiger partial charge in [0.25, 0.3) is 0 Å². The summed E-state index contributed by atoms with van der Waals surface area (Å²) in [7, 11) is -1.44. The van der Waals surface area contributed by atoms with Crippen LogP contribution in [0.25, 0.3) is 22.1 Å². The van der Waals surface area contributed by atoms with E-state index in [1.165, 1.54) is 6.21 Å². The minimum absolute atomic E-state index is 0.110. The van der Waals surface area contributed by atoms with Crippen molar-refractivity contribution in [1.29, 1.82) is 0 Å². The lowest BCUT2D eigenvalue weighted by atomic mass is 9.99. The van der Waals surface area contributed by atoms with Crippen molar-refractivity contribution in [1.82, 2.24) is 5.32 Å². The zero-order chi connectivity index (χ0) is 33.5. The lowest BCUT2D eigenvalue weighted by Crippen LogP contribution is -2.32. The first kappa shape index (κ1) is 34.4. The highest BCUT2D eigenvalue weighted by molar-refractivity contribution is 7.85. The molecule has 3 aromatic carbocycles. The average molecular weight is 647 g/mol. The van der Waals surface area contributed by atoms with Gasteiger partial charge < -0.3 is 23.9 Å². The molecule has 0 radical (unpaired) electrons. The highest BCUT2D eigenvalue weighted by Gasteiger charge is 2.20. The van der Waals surface area contributed by atoms with E-state index in [0.29, 0.717) is 23.7 Å². The van der Waals surface area contributed by atoms with Crippen molar-refractivity contribution in [2.75, 3.05) is 6.61 Å². The molecule has 0 aliphatic carbocycles. The van der Waals surface area contributed by atoms with Crippen LogP contribution in [0, 0.1) is 0 Å². The Morgan fingerprint density at radius 1 is 0.957 bits per heavy atom. The van der Waals surface area contributed by atoms with Crippen LogP contribution in [0.1, 0.15) is 70.9 Å². The first-order chi connectivity index (χ1) is 21.7. The van der Waals surface area contributed by atoms with Gasteiger partial charge in [-0.15, -0.1) is 0 Å².